The van der Waals surface area contributed by atoms with Gasteiger partial charge in [-0.25, -0.2) is 9.37 Å². The normalized spacial score (nSPS) is 10.9. The van der Waals surface area contributed by atoms with E-state index >= 15 is 0 Å². The molecule has 0 aliphatic heterocycles. The molecule has 3 heterocycles. The Morgan fingerprint density at radius 3 is 2.78 bits per heavy atom. The van der Waals surface area contributed by atoms with Gasteiger partial charge in [0.15, 0.2) is 5.65 Å². The van der Waals surface area contributed by atoms with Gasteiger partial charge in [-0.15, -0.1) is 10.2 Å². The summed E-state index contributed by atoms with van der Waals surface area (Å²) in [5, 5.41) is 10.5. The topological polar surface area (TPSA) is 72.2 Å². The number of carbonyl (C=O) groups is 1. The number of pyridine rings is 2. The number of benzene rings is 1. The lowest BCUT2D eigenvalue weighted by Crippen LogP contribution is -2.13. The van der Waals surface area contributed by atoms with E-state index in [4.69, 9.17) is 11.6 Å². The van der Waals surface area contributed by atoms with E-state index in [9.17, 15) is 9.18 Å². The zero-order valence-electron chi connectivity index (χ0n) is 13.9. The number of aromatic nitrogens is 4. The lowest BCUT2D eigenvalue weighted by molar-refractivity contribution is 0.102. The third kappa shape index (κ3) is 3.78. The van der Waals surface area contributed by atoms with Crippen LogP contribution in [0.3, 0.4) is 0 Å². The quantitative estimate of drug-likeness (QED) is 0.584. The molecule has 27 heavy (non-hydrogen) atoms. The molecule has 3 aromatic heterocycles. The molecule has 134 valence electrons. The number of fused-ring (bicyclic) bond motifs is 1. The molecule has 0 aliphatic rings. The minimum Gasteiger partial charge on any atom is -0.307 e. The summed E-state index contributed by atoms with van der Waals surface area (Å²) in [7, 11) is 0. The molecule has 1 amide bonds. The average molecular weight is 382 g/mol. The first-order chi connectivity index (χ1) is 13.1. The Balaban J connectivity index is 1.45. The predicted molar refractivity (Wildman–Crippen MR) is 99.4 cm³/mol. The van der Waals surface area contributed by atoms with Gasteiger partial charge in [0.05, 0.1) is 10.6 Å². The minimum absolute atomic E-state index is 0.0920. The van der Waals surface area contributed by atoms with Gasteiger partial charge < -0.3 is 5.32 Å². The Bertz CT molecular complexity index is 1130. The average Bonchev–Trinajstić information content (AvgIpc) is 3.14. The van der Waals surface area contributed by atoms with Crippen LogP contribution < -0.4 is 5.32 Å². The Labute approximate surface area is 158 Å². The summed E-state index contributed by atoms with van der Waals surface area (Å²) in [5.74, 6) is -0.290. The maximum atomic E-state index is 13.2. The van der Waals surface area contributed by atoms with E-state index in [1.165, 1.54) is 12.4 Å². The fourth-order valence-electron chi connectivity index (χ4n) is 2.64. The highest BCUT2D eigenvalue weighted by Crippen LogP contribution is 2.19. The first-order valence-corrected chi connectivity index (χ1v) is 8.46. The van der Waals surface area contributed by atoms with Gasteiger partial charge in [-0.05, 0) is 47.9 Å². The zero-order valence-corrected chi connectivity index (χ0v) is 14.7. The van der Waals surface area contributed by atoms with Crippen LogP contribution in [0.15, 0.2) is 61.2 Å². The summed E-state index contributed by atoms with van der Waals surface area (Å²) in [6.45, 7) is 0. The molecule has 0 unspecified atom stereocenters. The van der Waals surface area contributed by atoms with E-state index in [1.54, 1.807) is 47.1 Å². The van der Waals surface area contributed by atoms with Crippen molar-refractivity contribution in [2.75, 3.05) is 5.32 Å². The van der Waals surface area contributed by atoms with Crippen molar-refractivity contribution in [1.82, 2.24) is 19.6 Å². The maximum absolute atomic E-state index is 13.2. The van der Waals surface area contributed by atoms with Crippen molar-refractivity contribution in [3.05, 3.63) is 88.7 Å². The molecule has 0 bridgehead atoms. The van der Waals surface area contributed by atoms with Gasteiger partial charge in [0, 0.05) is 12.4 Å². The highest BCUT2D eigenvalue weighted by molar-refractivity contribution is 6.30. The number of nitrogens with zero attached hydrogens (tertiary/aromatic N) is 4. The number of rotatable bonds is 4. The van der Waals surface area contributed by atoms with Crippen LogP contribution in [0.1, 0.15) is 21.5 Å². The first kappa shape index (κ1) is 17.1. The van der Waals surface area contributed by atoms with Gasteiger partial charge in [0.25, 0.3) is 5.91 Å². The standard InChI is InChI=1S/C19H13ClFN5O/c20-15-8-12(1-4-16(15)21)7-13-2-5-17(22-9-13)24-19(27)14-3-6-18-25-23-11-26(18)10-14/h1-6,8-11H,7H2,(H,22,24,27). The number of carbonyl (C=O) groups excluding carboxylic acids is 1. The molecular formula is C19H13ClFN5O. The monoisotopic (exact) mass is 381 g/mol. The van der Waals surface area contributed by atoms with Gasteiger partial charge in [0.1, 0.15) is 18.0 Å². The Morgan fingerprint density at radius 2 is 2.00 bits per heavy atom. The van der Waals surface area contributed by atoms with E-state index in [2.05, 4.69) is 20.5 Å². The minimum atomic E-state index is -0.443. The van der Waals surface area contributed by atoms with E-state index in [-0.39, 0.29) is 10.9 Å². The zero-order chi connectivity index (χ0) is 18.8. The van der Waals surface area contributed by atoms with E-state index in [0.29, 0.717) is 23.4 Å². The molecule has 4 aromatic rings. The summed E-state index contributed by atoms with van der Waals surface area (Å²) in [4.78, 5) is 16.6. The van der Waals surface area contributed by atoms with Crippen LogP contribution in [0.25, 0.3) is 5.65 Å². The summed E-state index contributed by atoms with van der Waals surface area (Å²) < 4.78 is 14.9. The highest BCUT2D eigenvalue weighted by atomic mass is 35.5. The van der Waals surface area contributed by atoms with Crippen molar-refractivity contribution in [3.8, 4) is 0 Å². The SMILES string of the molecule is O=C(Nc1ccc(Cc2ccc(F)c(Cl)c2)cn1)c1ccc2nncn2c1. The molecule has 0 fully saturated rings. The predicted octanol–water partition coefficient (Wildman–Crippen LogP) is 3.76. The molecular weight excluding hydrogens is 369 g/mol. The summed E-state index contributed by atoms with van der Waals surface area (Å²) in [6, 6.07) is 11.6. The molecule has 0 radical (unpaired) electrons. The molecule has 0 saturated carbocycles. The Hall–Kier alpha value is -3.32. The second-order valence-corrected chi connectivity index (χ2v) is 6.35. The molecule has 1 N–H and O–H groups in total. The van der Waals surface area contributed by atoms with Crippen LogP contribution in [0.2, 0.25) is 5.02 Å². The maximum Gasteiger partial charge on any atom is 0.258 e. The molecule has 1 aromatic carbocycles. The van der Waals surface area contributed by atoms with Crippen LogP contribution >= 0.6 is 11.6 Å². The van der Waals surface area contributed by atoms with E-state index in [0.717, 1.165) is 11.1 Å². The molecule has 0 atom stereocenters. The van der Waals surface area contributed by atoms with Crippen molar-refractivity contribution < 1.29 is 9.18 Å². The van der Waals surface area contributed by atoms with Gasteiger partial charge in [-0.1, -0.05) is 23.7 Å². The molecule has 8 heteroatoms. The lowest BCUT2D eigenvalue weighted by Gasteiger charge is -2.07. The summed E-state index contributed by atoms with van der Waals surface area (Å²) in [5.41, 5.74) is 2.92. The van der Waals surface area contributed by atoms with Crippen LogP contribution in [-0.4, -0.2) is 25.5 Å². The Morgan fingerprint density at radius 1 is 1.15 bits per heavy atom. The van der Waals surface area contributed by atoms with Crippen LogP contribution in [-0.2, 0) is 6.42 Å². The summed E-state index contributed by atoms with van der Waals surface area (Å²) >= 11 is 5.80. The largest absolute Gasteiger partial charge is 0.307 e. The lowest BCUT2D eigenvalue weighted by atomic mass is 10.1. The number of hydrogen-bond donors (Lipinski definition) is 1. The molecule has 6 nitrogen and oxygen atoms in total. The van der Waals surface area contributed by atoms with Crippen LogP contribution in [0.4, 0.5) is 10.2 Å². The number of anilines is 1. The van der Waals surface area contributed by atoms with Gasteiger partial charge in [0.2, 0.25) is 0 Å². The second kappa shape index (κ2) is 7.13. The second-order valence-electron chi connectivity index (χ2n) is 5.95. The van der Waals surface area contributed by atoms with E-state index < -0.39 is 5.82 Å². The number of halogens is 2. The molecule has 0 aliphatic carbocycles. The van der Waals surface area contributed by atoms with Crippen molar-refractivity contribution in [2.24, 2.45) is 0 Å². The Kier molecular flexibility index (Phi) is 4.52. The fraction of sp³-hybridized carbons (Fsp3) is 0.0526. The van der Waals surface area contributed by atoms with Crippen molar-refractivity contribution in [3.63, 3.8) is 0 Å². The van der Waals surface area contributed by atoms with Crippen molar-refractivity contribution >= 4 is 29.0 Å². The third-order valence-corrected chi connectivity index (χ3v) is 4.30. The first-order valence-electron chi connectivity index (χ1n) is 8.08. The van der Waals surface area contributed by atoms with Gasteiger partial charge >= 0.3 is 0 Å². The fourth-order valence-corrected chi connectivity index (χ4v) is 2.84. The van der Waals surface area contributed by atoms with Gasteiger partial charge in [-0.2, -0.15) is 0 Å². The van der Waals surface area contributed by atoms with Crippen molar-refractivity contribution in [2.45, 2.75) is 6.42 Å². The van der Waals surface area contributed by atoms with Gasteiger partial charge in [-0.3, -0.25) is 9.20 Å². The number of hydrogen-bond acceptors (Lipinski definition) is 4. The highest BCUT2D eigenvalue weighted by Gasteiger charge is 2.09. The van der Waals surface area contributed by atoms with Crippen molar-refractivity contribution in [1.29, 1.82) is 0 Å². The number of nitrogens with one attached hydrogen (secondary N) is 1. The molecule has 0 spiro atoms. The van der Waals surface area contributed by atoms with Crippen LogP contribution in [0.5, 0.6) is 0 Å². The third-order valence-electron chi connectivity index (χ3n) is 4.01. The smallest absolute Gasteiger partial charge is 0.258 e. The van der Waals surface area contributed by atoms with Crippen LogP contribution in [0, 0.1) is 5.82 Å². The number of amides is 1. The molecule has 0 saturated heterocycles. The summed E-state index contributed by atoms with van der Waals surface area (Å²) in [6.07, 6.45) is 5.40. The van der Waals surface area contributed by atoms with E-state index in [1.807, 2.05) is 6.07 Å². The molecule has 4 rings (SSSR count).